The molecule has 3 aromatic rings. The number of hydrogen-bond donors (Lipinski definition) is 3. The number of nitrogens with zero attached hydrogens (tertiary/aromatic N) is 1. The van der Waals surface area contributed by atoms with Crippen molar-refractivity contribution in [3.05, 3.63) is 36.6 Å². The predicted octanol–water partition coefficient (Wildman–Crippen LogP) is 3.15. The van der Waals surface area contributed by atoms with Gasteiger partial charge in [-0.05, 0) is 49.0 Å². The Morgan fingerprint density at radius 1 is 1.39 bits per heavy atom. The molecule has 120 valence electrons. The minimum absolute atomic E-state index is 0.589. The van der Waals surface area contributed by atoms with Gasteiger partial charge in [-0.3, -0.25) is 0 Å². The number of H-pyrrole nitrogens is 1. The molecule has 0 atom stereocenters. The molecule has 0 spiro atoms. The molecule has 0 amide bonds. The minimum Gasteiger partial charge on any atom is -0.461 e. The van der Waals surface area contributed by atoms with Crippen LogP contribution in [0.15, 0.2) is 41.0 Å². The highest BCUT2D eigenvalue weighted by Gasteiger charge is 2.08. The van der Waals surface area contributed by atoms with Gasteiger partial charge in [0.2, 0.25) is 0 Å². The van der Waals surface area contributed by atoms with Gasteiger partial charge in [0.25, 0.3) is 0 Å². The normalized spacial score (nSPS) is 10.8. The van der Waals surface area contributed by atoms with Gasteiger partial charge in [-0.25, -0.2) is 4.98 Å². The van der Waals surface area contributed by atoms with Gasteiger partial charge >= 0.3 is 0 Å². The molecule has 2 aromatic heterocycles. The van der Waals surface area contributed by atoms with Crippen LogP contribution in [0, 0.1) is 0 Å². The van der Waals surface area contributed by atoms with Gasteiger partial charge in [-0.2, -0.15) is 0 Å². The molecule has 0 bridgehead atoms. The number of furan rings is 1. The molecule has 0 unspecified atom stereocenters. The van der Waals surface area contributed by atoms with Gasteiger partial charge in [0.15, 0.2) is 16.7 Å². The third kappa shape index (κ3) is 3.88. The molecule has 3 N–H and O–H groups in total. The Hall–Kier alpha value is -2.38. The summed E-state index contributed by atoms with van der Waals surface area (Å²) in [6, 6.07) is 9.56. The summed E-state index contributed by atoms with van der Waals surface area (Å²) in [6.45, 7) is 1.49. The van der Waals surface area contributed by atoms with E-state index < -0.39 is 0 Å². The summed E-state index contributed by atoms with van der Waals surface area (Å²) in [4.78, 5) is 7.75. The second-order valence-corrected chi connectivity index (χ2v) is 5.43. The predicted molar refractivity (Wildman–Crippen MR) is 94.5 cm³/mol. The molecule has 7 heteroatoms. The minimum atomic E-state index is 0.589. The molecule has 23 heavy (non-hydrogen) atoms. The van der Waals surface area contributed by atoms with E-state index in [0.29, 0.717) is 23.3 Å². The van der Waals surface area contributed by atoms with Crippen LogP contribution >= 0.6 is 12.2 Å². The van der Waals surface area contributed by atoms with Crippen LogP contribution in [-0.4, -0.2) is 35.3 Å². The molecule has 0 saturated heterocycles. The SMILES string of the molecule is COCCCNC(=S)Nc1ccc2nc(-c3ccco3)[nH]c2c1. The number of anilines is 1. The summed E-state index contributed by atoms with van der Waals surface area (Å²) >= 11 is 5.27. The van der Waals surface area contributed by atoms with E-state index in [1.54, 1.807) is 13.4 Å². The Morgan fingerprint density at radius 3 is 3.09 bits per heavy atom. The average Bonchev–Trinajstić information content (AvgIpc) is 3.19. The zero-order valence-corrected chi connectivity index (χ0v) is 13.6. The number of thiocarbonyl (C=S) groups is 1. The van der Waals surface area contributed by atoms with Crippen molar-refractivity contribution in [1.29, 1.82) is 0 Å². The van der Waals surface area contributed by atoms with Gasteiger partial charge in [0.05, 0.1) is 17.3 Å². The molecular weight excluding hydrogens is 312 g/mol. The Bertz CT molecular complexity index is 783. The number of hydrogen-bond acceptors (Lipinski definition) is 4. The molecular formula is C16H18N4O2S. The summed E-state index contributed by atoms with van der Waals surface area (Å²) in [5.41, 5.74) is 2.70. The first-order chi connectivity index (χ1) is 11.3. The first-order valence-corrected chi connectivity index (χ1v) is 7.74. The number of imidazole rings is 1. The monoisotopic (exact) mass is 330 g/mol. The standard InChI is InChI=1S/C16H18N4O2S/c1-21-8-3-7-17-16(23)18-11-5-6-12-13(10-11)20-15(19-12)14-4-2-9-22-14/h2,4-6,9-10H,3,7-8H2,1H3,(H,19,20)(H2,17,18,23). The highest BCUT2D eigenvalue weighted by atomic mass is 32.1. The van der Waals surface area contributed by atoms with E-state index in [2.05, 4.69) is 20.6 Å². The van der Waals surface area contributed by atoms with Crippen LogP contribution < -0.4 is 10.6 Å². The molecule has 0 aliphatic rings. The Morgan fingerprint density at radius 2 is 2.30 bits per heavy atom. The Kier molecular flexibility index (Phi) is 4.89. The highest BCUT2D eigenvalue weighted by molar-refractivity contribution is 7.80. The van der Waals surface area contributed by atoms with E-state index in [4.69, 9.17) is 21.4 Å². The van der Waals surface area contributed by atoms with Gasteiger partial charge in [0, 0.05) is 25.9 Å². The van der Waals surface area contributed by atoms with Crippen LogP contribution in [0.3, 0.4) is 0 Å². The van der Waals surface area contributed by atoms with Gasteiger partial charge in [-0.1, -0.05) is 0 Å². The van der Waals surface area contributed by atoms with Crippen molar-refractivity contribution in [2.75, 3.05) is 25.6 Å². The highest BCUT2D eigenvalue weighted by Crippen LogP contribution is 2.23. The van der Waals surface area contributed by atoms with Crippen molar-refractivity contribution in [1.82, 2.24) is 15.3 Å². The molecule has 0 radical (unpaired) electrons. The van der Waals surface area contributed by atoms with Crippen molar-refractivity contribution in [3.8, 4) is 11.6 Å². The van der Waals surface area contributed by atoms with Crippen LogP contribution in [0.1, 0.15) is 6.42 Å². The van der Waals surface area contributed by atoms with Crippen molar-refractivity contribution in [2.24, 2.45) is 0 Å². The Labute approximate surface area is 139 Å². The molecule has 3 rings (SSSR count). The molecule has 6 nitrogen and oxygen atoms in total. The molecule has 1 aromatic carbocycles. The summed E-state index contributed by atoms with van der Waals surface area (Å²) in [5, 5.41) is 6.89. The summed E-state index contributed by atoms with van der Waals surface area (Å²) in [5.74, 6) is 1.42. The van der Waals surface area contributed by atoms with Gasteiger partial charge in [0.1, 0.15) is 0 Å². The van der Waals surface area contributed by atoms with Crippen LogP contribution in [-0.2, 0) is 4.74 Å². The van der Waals surface area contributed by atoms with Crippen LogP contribution in [0.5, 0.6) is 0 Å². The lowest BCUT2D eigenvalue weighted by atomic mass is 10.3. The molecule has 0 aliphatic heterocycles. The second-order valence-electron chi connectivity index (χ2n) is 5.02. The summed E-state index contributed by atoms with van der Waals surface area (Å²) in [7, 11) is 1.69. The van der Waals surface area contributed by atoms with Crippen LogP contribution in [0.4, 0.5) is 5.69 Å². The van der Waals surface area contributed by atoms with Gasteiger partial charge < -0.3 is 24.8 Å². The maximum Gasteiger partial charge on any atom is 0.174 e. The number of nitrogens with one attached hydrogen (secondary N) is 3. The van der Waals surface area contributed by atoms with Crippen molar-refractivity contribution >= 4 is 34.1 Å². The lowest BCUT2D eigenvalue weighted by Gasteiger charge is -2.10. The fourth-order valence-electron chi connectivity index (χ4n) is 2.21. The van der Waals surface area contributed by atoms with E-state index in [1.807, 2.05) is 30.3 Å². The van der Waals surface area contributed by atoms with Crippen molar-refractivity contribution < 1.29 is 9.15 Å². The number of ether oxygens (including phenoxy) is 1. The molecule has 0 fully saturated rings. The van der Waals surface area contributed by atoms with Crippen LogP contribution in [0.25, 0.3) is 22.6 Å². The lowest BCUT2D eigenvalue weighted by Crippen LogP contribution is -2.29. The summed E-state index contributed by atoms with van der Waals surface area (Å²) < 4.78 is 10.4. The molecule has 2 heterocycles. The third-order valence-corrected chi connectivity index (χ3v) is 3.55. The zero-order valence-electron chi connectivity index (χ0n) is 12.8. The van der Waals surface area contributed by atoms with E-state index >= 15 is 0 Å². The van der Waals surface area contributed by atoms with Crippen molar-refractivity contribution in [2.45, 2.75) is 6.42 Å². The first-order valence-electron chi connectivity index (χ1n) is 7.34. The largest absolute Gasteiger partial charge is 0.461 e. The van der Waals surface area contributed by atoms with E-state index in [9.17, 15) is 0 Å². The number of benzene rings is 1. The molecule has 0 aliphatic carbocycles. The van der Waals surface area contributed by atoms with E-state index in [0.717, 1.165) is 29.7 Å². The number of rotatable bonds is 6. The maximum absolute atomic E-state index is 5.36. The zero-order chi connectivity index (χ0) is 16.1. The number of aromatic amines is 1. The van der Waals surface area contributed by atoms with Crippen LogP contribution in [0.2, 0.25) is 0 Å². The van der Waals surface area contributed by atoms with E-state index in [1.165, 1.54) is 0 Å². The smallest absolute Gasteiger partial charge is 0.174 e. The lowest BCUT2D eigenvalue weighted by molar-refractivity contribution is 0.196. The van der Waals surface area contributed by atoms with Crippen molar-refractivity contribution in [3.63, 3.8) is 0 Å². The van der Waals surface area contributed by atoms with E-state index in [-0.39, 0.29) is 0 Å². The fourth-order valence-corrected chi connectivity index (χ4v) is 2.43. The number of fused-ring (bicyclic) bond motifs is 1. The third-order valence-electron chi connectivity index (χ3n) is 3.31. The Balaban J connectivity index is 1.67. The quantitative estimate of drug-likeness (QED) is 0.476. The number of aromatic nitrogens is 2. The molecule has 0 saturated carbocycles. The maximum atomic E-state index is 5.36. The average molecular weight is 330 g/mol. The second kappa shape index (κ2) is 7.26. The first kappa shape index (κ1) is 15.5. The summed E-state index contributed by atoms with van der Waals surface area (Å²) in [6.07, 6.45) is 2.54. The van der Waals surface area contributed by atoms with Gasteiger partial charge in [-0.15, -0.1) is 0 Å². The topological polar surface area (TPSA) is 75.1 Å². The fraction of sp³-hybridized carbons (Fsp3) is 0.250. The number of methoxy groups -OCH3 is 1.